The molecule has 0 spiro atoms. The minimum Gasteiger partial charge on any atom is -0.508 e. The lowest BCUT2D eigenvalue weighted by Gasteiger charge is -2.35. The SMILES string of the molecule is Cc1cc(Nc2ncnc3sc4c(c23)CCC2C4C=NN2CCN2CCN(C)CC2)ccc1O. The molecule has 2 aliphatic heterocycles. The highest BCUT2D eigenvalue weighted by Gasteiger charge is 2.39. The Morgan fingerprint density at radius 1 is 1.15 bits per heavy atom. The van der Waals surface area contributed by atoms with Crippen LogP contribution in [0.5, 0.6) is 5.75 Å². The maximum atomic E-state index is 9.87. The second-order valence-corrected chi connectivity index (χ2v) is 10.7. The minimum absolute atomic E-state index is 0.301. The lowest BCUT2D eigenvalue weighted by Crippen LogP contribution is -2.47. The number of fused-ring (bicyclic) bond motifs is 5. The first-order chi connectivity index (χ1) is 16.6. The molecular weight excluding hydrogens is 446 g/mol. The van der Waals surface area contributed by atoms with Crippen LogP contribution >= 0.6 is 11.3 Å². The molecule has 1 fully saturated rings. The second kappa shape index (κ2) is 8.79. The quantitative estimate of drug-likeness (QED) is 0.545. The lowest BCUT2D eigenvalue weighted by atomic mass is 9.85. The fraction of sp³-hybridized carbons (Fsp3) is 0.480. The summed E-state index contributed by atoms with van der Waals surface area (Å²) in [5.41, 5.74) is 3.12. The van der Waals surface area contributed by atoms with Gasteiger partial charge in [0.2, 0.25) is 0 Å². The van der Waals surface area contributed by atoms with Gasteiger partial charge in [0.15, 0.2) is 0 Å². The van der Waals surface area contributed by atoms with Crippen molar-refractivity contribution >= 4 is 39.3 Å². The monoisotopic (exact) mass is 477 g/mol. The van der Waals surface area contributed by atoms with Gasteiger partial charge >= 0.3 is 0 Å². The third-order valence-corrected chi connectivity index (χ3v) is 8.73. The number of nitrogens with one attached hydrogen (secondary N) is 1. The molecule has 2 unspecified atom stereocenters. The van der Waals surface area contributed by atoms with Crippen molar-refractivity contribution in [2.24, 2.45) is 5.10 Å². The van der Waals surface area contributed by atoms with Gasteiger partial charge < -0.3 is 15.3 Å². The molecule has 1 aromatic carbocycles. The predicted octanol–water partition coefficient (Wildman–Crippen LogP) is 3.40. The summed E-state index contributed by atoms with van der Waals surface area (Å²) in [5, 5.41) is 21.7. The molecule has 1 saturated heterocycles. The number of benzene rings is 1. The molecule has 6 rings (SSSR count). The standard InChI is InChI=1S/C25H31N7OS/c1-16-13-17(3-6-21(16)33)29-24-22-18-4-5-20-19(23(18)34-25(22)27-15-26-24)14-28-32(20)12-11-31-9-7-30(2)8-10-31/h3,6,13-15,19-20,33H,4-5,7-12H2,1-2H3,(H,26,27,29). The van der Waals surface area contributed by atoms with E-state index in [2.05, 4.69) is 43.4 Å². The number of nitrogens with zero attached hydrogens (tertiary/aromatic N) is 6. The van der Waals surface area contributed by atoms with Crippen LogP contribution in [0.4, 0.5) is 11.5 Å². The first-order valence-corrected chi connectivity index (χ1v) is 12.9. The zero-order chi connectivity index (χ0) is 23.2. The van der Waals surface area contributed by atoms with E-state index in [0.29, 0.717) is 17.7 Å². The van der Waals surface area contributed by atoms with Crippen LogP contribution in [0.1, 0.15) is 28.3 Å². The van der Waals surface area contributed by atoms with E-state index >= 15 is 0 Å². The number of likely N-dealkylation sites (N-methyl/N-ethyl adjacent to an activating group) is 1. The number of hydrogen-bond donors (Lipinski definition) is 2. The van der Waals surface area contributed by atoms with Gasteiger partial charge in [-0.15, -0.1) is 11.3 Å². The van der Waals surface area contributed by atoms with E-state index in [-0.39, 0.29) is 0 Å². The minimum atomic E-state index is 0.301. The summed E-state index contributed by atoms with van der Waals surface area (Å²) in [6.45, 7) is 8.59. The summed E-state index contributed by atoms with van der Waals surface area (Å²) in [4.78, 5) is 16.6. The average molecular weight is 478 g/mol. The molecule has 3 aromatic rings. The van der Waals surface area contributed by atoms with E-state index in [0.717, 1.165) is 79.4 Å². The fourth-order valence-corrected chi connectivity index (χ4v) is 6.73. The molecule has 0 bridgehead atoms. The highest BCUT2D eigenvalue weighted by molar-refractivity contribution is 7.19. The molecule has 9 heteroatoms. The molecule has 2 N–H and O–H groups in total. The number of rotatable bonds is 5. The number of hydrazone groups is 1. The fourth-order valence-electron chi connectivity index (χ4n) is 5.42. The van der Waals surface area contributed by atoms with Crippen LogP contribution in [0, 0.1) is 6.92 Å². The summed E-state index contributed by atoms with van der Waals surface area (Å²) in [6, 6.07) is 5.99. The Labute approximate surface area is 203 Å². The van der Waals surface area contributed by atoms with Crippen LogP contribution in [-0.4, -0.2) is 88.5 Å². The van der Waals surface area contributed by atoms with Crippen molar-refractivity contribution in [3.05, 3.63) is 40.5 Å². The normalized spacial score (nSPS) is 22.8. The van der Waals surface area contributed by atoms with Crippen LogP contribution in [0.3, 0.4) is 0 Å². The van der Waals surface area contributed by atoms with Crippen molar-refractivity contribution < 1.29 is 5.11 Å². The topological polar surface area (TPSA) is 80.1 Å². The van der Waals surface area contributed by atoms with Gasteiger partial charge in [-0.25, -0.2) is 9.97 Å². The van der Waals surface area contributed by atoms with Crippen molar-refractivity contribution in [2.75, 3.05) is 51.6 Å². The Bertz CT molecular complexity index is 1230. The van der Waals surface area contributed by atoms with Gasteiger partial charge in [-0.05, 0) is 56.1 Å². The number of aryl methyl sites for hydroxylation is 2. The molecule has 0 radical (unpaired) electrons. The second-order valence-electron chi connectivity index (χ2n) is 9.68. The third-order valence-electron chi connectivity index (χ3n) is 7.48. The van der Waals surface area contributed by atoms with Crippen molar-refractivity contribution in [1.29, 1.82) is 0 Å². The molecule has 8 nitrogen and oxygen atoms in total. The Kier molecular flexibility index (Phi) is 5.63. The summed E-state index contributed by atoms with van der Waals surface area (Å²) < 4.78 is 0. The number of phenols is 1. The number of aromatic nitrogens is 2. The van der Waals surface area contributed by atoms with Gasteiger partial charge in [0, 0.05) is 56.0 Å². The highest BCUT2D eigenvalue weighted by Crippen LogP contribution is 2.46. The van der Waals surface area contributed by atoms with Crippen molar-refractivity contribution in [2.45, 2.75) is 31.7 Å². The van der Waals surface area contributed by atoms with E-state index in [1.54, 1.807) is 23.7 Å². The first-order valence-electron chi connectivity index (χ1n) is 12.1. The van der Waals surface area contributed by atoms with Gasteiger partial charge in [-0.3, -0.25) is 9.91 Å². The lowest BCUT2D eigenvalue weighted by molar-refractivity contribution is 0.122. The van der Waals surface area contributed by atoms with E-state index in [9.17, 15) is 5.11 Å². The van der Waals surface area contributed by atoms with Crippen LogP contribution < -0.4 is 5.32 Å². The van der Waals surface area contributed by atoms with Crippen molar-refractivity contribution in [3.63, 3.8) is 0 Å². The molecule has 34 heavy (non-hydrogen) atoms. The molecule has 3 aliphatic rings. The first kappa shape index (κ1) is 21.8. The molecule has 4 heterocycles. The highest BCUT2D eigenvalue weighted by atomic mass is 32.1. The van der Waals surface area contributed by atoms with Gasteiger partial charge in [-0.2, -0.15) is 5.10 Å². The third kappa shape index (κ3) is 3.91. The van der Waals surface area contributed by atoms with E-state index in [1.165, 1.54) is 10.4 Å². The van der Waals surface area contributed by atoms with Crippen molar-refractivity contribution in [1.82, 2.24) is 24.8 Å². The van der Waals surface area contributed by atoms with Gasteiger partial charge in [0.1, 0.15) is 22.7 Å². The Morgan fingerprint density at radius 2 is 2.00 bits per heavy atom. The summed E-state index contributed by atoms with van der Waals surface area (Å²) >= 11 is 1.79. The number of aromatic hydroxyl groups is 1. The Hall–Kier alpha value is -2.75. The summed E-state index contributed by atoms with van der Waals surface area (Å²) in [7, 11) is 2.20. The van der Waals surface area contributed by atoms with Crippen LogP contribution in [0.25, 0.3) is 10.2 Å². The van der Waals surface area contributed by atoms with Crippen LogP contribution in [0.2, 0.25) is 0 Å². The molecular formula is C25H31N7OS. The molecule has 2 atom stereocenters. The van der Waals surface area contributed by atoms with Gasteiger partial charge in [0.05, 0.1) is 17.3 Å². The zero-order valence-corrected chi connectivity index (χ0v) is 20.6. The van der Waals surface area contributed by atoms with E-state index in [1.807, 2.05) is 19.1 Å². The number of hydrogen-bond acceptors (Lipinski definition) is 9. The molecule has 0 amide bonds. The smallest absolute Gasteiger partial charge is 0.142 e. The maximum absolute atomic E-state index is 9.87. The van der Waals surface area contributed by atoms with E-state index in [4.69, 9.17) is 5.10 Å². The predicted molar refractivity (Wildman–Crippen MR) is 138 cm³/mol. The summed E-state index contributed by atoms with van der Waals surface area (Å²) in [5.74, 6) is 1.47. The average Bonchev–Trinajstić information content (AvgIpc) is 3.43. The number of piperazine rings is 1. The molecule has 178 valence electrons. The molecule has 2 aromatic heterocycles. The number of phenolic OH excluding ortho intramolecular Hbond substituents is 1. The van der Waals surface area contributed by atoms with Gasteiger partial charge in [0.25, 0.3) is 0 Å². The number of thiophene rings is 1. The zero-order valence-electron chi connectivity index (χ0n) is 19.7. The van der Waals surface area contributed by atoms with Crippen LogP contribution in [-0.2, 0) is 6.42 Å². The number of anilines is 2. The van der Waals surface area contributed by atoms with Gasteiger partial charge in [-0.1, -0.05) is 0 Å². The van der Waals surface area contributed by atoms with Crippen molar-refractivity contribution in [3.8, 4) is 5.75 Å². The largest absolute Gasteiger partial charge is 0.508 e. The molecule has 0 saturated carbocycles. The molecule has 1 aliphatic carbocycles. The maximum Gasteiger partial charge on any atom is 0.142 e. The van der Waals surface area contributed by atoms with Crippen LogP contribution in [0.15, 0.2) is 29.6 Å². The Balaban J connectivity index is 1.22. The summed E-state index contributed by atoms with van der Waals surface area (Å²) in [6.07, 6.45) is 5.91. The Morgan fingerprint density at radius 3 is 2.82 bits per heavy atom. The van der Waals surface area contributed by atoms with E-state index < -0.39 is 0 Å².